The molecule has 2 atom stereocenters. The van der Waals surface area contributed by atoms with E-state index in [1.54, 1.807) is 0 Å². The van der Waals surface area contributed by atoms with Crippen LogP contribution in [0.15, 0.2) is 0 Å². The van der Waals surface area contributed by atoms with E-state index in [1.807, 2.05) is 34.6 Å². The van der Waals surface area contributed by atoms with E-state index in [0.717, 1.165) is 12.8 Å². The van der Waals surface area contributed by atoms with Crippen LogP contribution in [-0.4, -0.2) is 24.1 Å². The van der Waals surface area contributed by atoms with Crippen LogP contribution in [0.2, 0.25) is 0 Å². The van der Waals surface area contributed by atoms with Crippen molar-refractivity contribution in [3.05, 3.63) is 0 Å². The lowest BCUT2D eigenvalue weighted by molar-refractivity contribution is -0.151. The van der Waals surface area contributed by atoms with Gasteiger partial charge < -0.3 is 9.47 Å². The second kappa shape index (κ2) is 8.95. The Morgan fingerprint density at radius 1 is 0.833 bits per heavy atom. The highest BCUT2D eigenvalue weighted by molar-refractivity contribution is 5.73. The molecule has 0 aromatic carbocycles. The summed E-state index contributed by atoms with van der Waals surface area (Å²) in [6, 6.07) is 0. The minimum absolute atomic E-state index is 0.0434. The molecule has 0 fully saturated rings. The molecule has 0 saturated heterocycles. The first kappa shape index (κ1) is 16.9. The Bertz CT molecular complexity index is 237. The standard InChI is InChI=1S/C14H26O4/c1-6-11(4)17-13(15)8-10(3)9-14(16)18-12(5)7-2/h10-12H,6-9H2,1-5H3. The van der Waals surface area contributed by atoms with E-state index < -0.39 is 0 Å². The molecule has 4 nitrogen and oxygen atoms in total. The van der Waals surface area contributed by atoms with Gasteiger partial charge in [0.2, 0.25) is 0 Å². The third-order valence-corrected chi connectivity index (χ3v) is 2.85. The zero-order valence-corrected chi connectivity index (χ0v) is 12.2. The van der Waals surface area contributed by atoms with E-state index in [4.69, 9.17) is 9.47 Å². The van der Waals surface area contributed by atoms with E-state index in [-0.39, 0.29) is 42.9 Å². The predicted molar refractivity (Wildman–Crippen MR) is 70.1 cm³/mol. The van der Waals surface area contributed by atoms with Crippen molar-refractivity contribution in [2.75, 3.05) is 0 Å². The minimum Gasteiger partial charge on any atom is -0.463 e. The van der Waals surface area contributed by atoms with Crippen molar-refractivity contribution in [3.8, 4) is 0 Å². The Morgan fingerprint density at radius 2 is 1.17 bits per heavy atom. The lowest BCUT2D eigenvalue weighted by atomic mass is 10.0. The Balaban J connectivity index is 3.92. The van der Waals surface area contributed by atoms with Gasteiger partial charge in [-0.15, -0.1) is 0 Å². The fourth-order valence-electron chi connectivity index (χ4n) is 1.35. The Morgan fingerprint density at radius 3 is 1.44 bits per heavy atom. The summed E-state index contributed by atoms with van der Waals surface area (Å²) in [7, 11) is 0. The summed E-state index contributed by atoms with van der Waals surface area (Å²) in [6.45, 7) is 9.50. The van der Waals surface area contributed by atoms with Crippen molar-refractivity contribution in [1.82, 2.24) is 0 Å². The first-order valence-electron chi connectivity index (χ1n) is 6.77. The zero-order valence-electron chi connectivity index (χ0n) is 12.2. The topological polar surface area (TPSA) is 52.6 Å². The van der Waals surface area contributed by atoms with Gasteiger partial charge in [-0.05, 0) is 32.6 Å². The quantitative estimate of drug-likeness (QED) is 0.628. The van der Waals surface area contributed by atoms with Crippen LogP contribution in [0.5, 0.6) is 0 Å². The molecule has 0 aromatic heterocycles. The number of hydrogen-bond donors (Lipinski definition) is 0. The zero-order chi connectivity index (χ0) is 14.1. The molecule has 2 unspecified atom stereocenters. The molecule has 0 heterocycles. The minimum atomic E-state index is -0.242. The lowest BCUT2D eigenvalue weighted by Crippen LogP contribution is -2.20. The molecule has 18 heavy (non-hydrogen) atoms. The number of rotatable bonds is 8. The van der Waals surface area contributed by atoms with Crippen molar-refractivity contribution in [2.45, 2.75) is 72.5 Å². The molecule has 0 aliphatic heterocycles. The third kappa shape index (κ3) is 8.09. The highest BCUT2D eigenvalue weighted by Gasteiger charge is 2.17. The van der Waals surface area contributed by atoms with Gasteiger partial charge in [-0.25, -0.2) is 0 Å². The Kier molecular flexibility index (Phi) is 8.42. The van der Waals surface area contributed by atoms with Gasteiger partial charge in [0.05, 0.1) is 12.2 Å². The molecule has 0 aliphatic rings. The van der Waals surface area contributed by atoms with Crippen LogP contribution in [0.25, 0.3) is 0 Å². The first-order valence-corrected chi connectivity index (χ1v) is 6.77. The van der Waals surface area contributed by atoms with Crippen LogP contribution >= 0.6 is 0 Å². The van der Waals surface area contributed by atoms with Crippen molar-refractivity contribution in [3.63, 3.8) is 0 Å². The molecule has 0 radical (unpaired) electrons. The first-order chi connectivity index (χ1) is 8.38. The van der Waals surface area contributed by atoms with Crippen molar-refractivity contribution < 1.29 is 19.1 Å². The average Bonchev–Trinajstić information content (AvgIpc) is 2.27. The number of carbonyl (C=O) groups excluding carboxylic acids is 2. The van der Waals surface area contributed by atoms with Gasteiger partial charge in [0, 0.05) is 12.8 Å². The van der Waals surface area contributed by atoms with Crippen molar-refractivity contribution in [2.24, 2.45) is 5.92 Å². The Labute approximate surface area is 110 Å². The molecule has 0 N–H and O–H groups in total. The largest absolute Gasteiger partial charge is 0.463 e. The smallest absolute Gasteiger partial charge is 0.306 e. The lowest BCUT2D eigenvalue weighted by Gasteiger charge is -2.15. The van der Waals surface area contributed by atoms with Crippen LogP contribution in [0.4, 0.5) is 0 Å². The predicted octanol–water partition coefficient (Wildman–Crippen LogP) is 3.09. The molecule has 0 aromatic rings. The van der Waals surface area contributed by atoms with Crippen LogP contribution in [0, 0.1) is 5.92 Å². The van der Waals surface area contributed by atoms with Gasteiger partial charge in [0.1, 0.15) is 0 Å². The monoisotopic (exact) mass is 258 g/mol. The molecule has 0 saturated carbocycles. The second-order valence-electron chi connectivity index (χ2n) is 4.93. The fraction of sp³-hybridized carbons (Fsp3) is 0.857. The second-order valence-corrected chi connectivity index (χ2v) is 4.93. The molecule has 0 bridgehead atoms. The van der Waals surface area contributed by atoms with Gasteiger partial charge in [-0.3, -0.25) is 9.59 Å². The average molecular weight is 258 g/mol. The molecular formula is C14H26O4. The summed E-state index contributed by atoms with van der Waals surface area (Å²) < 4.78 is 10.3. The number of hydrogen-bond acceptors (Lipinski definition) is 4. The van der Waals surface area contributed by atoms with Crippen LogP contribution < -0.4 is 0 Å². The molecular weight excluding hydrogens is 232 g/mol. The van der Waals surface area contributed by atoms with Gasteiger partial charge in [0.15, 0.2) is 0 Å². The Hall–Kier alpha value is -1.06. The van der Waals surface area contributed by atoms with Crippen molar-refractivity contribution >= 4 is 11.9 Å². The van der Waals surface area contributed by atoms with E-state index in [9.17, 15) is 9.59 Å². The molecule has 0 amide bonds. The normalized spacial score (nSPS) is 15.6. The van der Waals surface area contributed by atoms with Crippen molar-refractivity contribution in [1.29, 1.82) is 0 Å². The summed E-state index contributed by atoms with van der Waals surface area (Å²) in [5.74, 6) is -0.528. The summed E-state index contributed by atoms with van der Waals surface area (Å²) in [4.78, 5) is 23.0. The van der Waals surface area contributed by atoms with Gasteiger partial charge in [-0.2, -0.15) is 0 Å². The van der Waals surface area contributed by atoms with Crippen LogP contribution in [0.1, 0.15) is 60.3 Å². The third-order valence-electron chi connectivity index (χ3n) is 2.85. The number of esters is 2. The highest BCUT2D eigenvalue weighted by atomic mass is 16.5. The summed E-state index contributed by atoms with van der Waals surface area (Å²) >= 11 is 0. The molecule has 0 rings (SSSR count). The van der Waals surface area contributed by atoms with Gasteiger partial charge in [-0.1, -0.05) is 20.8 Å². The highest BCUT2D eigenvalue weighted by Crippen LogP contribution is 2.12. The molecule has 4 heteroatoms. The maximum atomic E-state index is 11.5. The molecule has 0 spiro atoms. The number of carbonyl (C=O) groups is 2. The fourth-order valence-corrected chi connectivity index (χ4v) is 1.35. The van der Waals surface area contributed by atoms with E-state index in [1.165, 1.54) is 0 Å². The summed E-state index contributed by atoms with van der Waals surface area (Å²) in [5, 5.41) is 0. The van der Waals surface area contributed by atoms with E-state index >= 15 is 0 Å². The number of ether oxygens (including phenoxy) is 2. The molecule has 106 valence electrons. The van der Waals surface area contributed by atoms with Crippen LogP contribution in [-0.2, 0) is 19.1 Å². The summed E-state index contributed by atoms with van der Waals surface area (Å²) in [5.41, 5.74) is 0. The van der Waals surface area contributed by atoms with E-state index in [0.29, 0.717) is 0 Å². The van der Waals surface area contributed by atoms with Gasteiger partial charge in [0.25, 0.3) is 0 Å². The summed E-state index contributed by atoms with van der Waals surface area (Å²) in [6.07, 6.45) is 2.01. The van der Waals surface area contributed by atoms with Crippen LogP contribution in [0.3, 0.4) is 0 Å². The molecule has 0 aliphatic carbocycles. The van der Waals surface area contributed by atoms with E-state index in [2.05, 4.69) is 0 Å². The van der Waals surface area contributed by atoms with Gasteiger partial charge >= 0.3 is 11.9 Å². The maximum absolute atomic E-state index is 11.5. The maximum Gasteiger partial charge on any atom is 0.306 e. The SMILES string of the molecule is CCC(C)OC(=O)CC(C)CC(=O)OC(C)CC.